The Labute approximate surface area is 227 Å². The van der Waals surface area contributed by atoms with E-state index in [9.17, 15) is 22.4 Å². The lowest BCUT2D eigenvalue weighted by molar-refractivity contribution is -0.137. The number of amides is 1. The van der Waals surface area contributed by atoms with E-state index in [1.54, 1.807) is 12.1 Å². The fourth-order valence-electron chi connectivity index (χ4n) is 4.79. The van der Waals surface area contributed by atoms with Gasteiger partial charge < -0.3 is 10.2 Å². The van der Waals surface area contributed by atoms with Crippen LogP contribution in [0.5, 0.6) is 0 Å². The quantitative estimate of drug-likeness (QED) is 0.245. The summed E-state index contributed by atoms with van der Waals surface area (Å²) in [5.41, 5.74) is 0.868. The molecule has 0 unspecified atom stereocenters. The summed E-state index contributed by atoms with van der Waals surface area (Å²) in [6, 6.07) is 12.3. The van der Waals surface area contributed by atoms with E-state index in [0.717, 1.165) is 41.2 Å². The van der Waals surface area contributed by atoms with Gasteiger partial charge in [-0.15, -0.1) is 0 Å². The zero-order valence-electron chi connectivity index (χ0n) is 21.5. The number of aryl methyl sites for hydroxylation is 1. The van der Waals surface area contributed by atoms with Crippen molar-refractivity contribution in [3.8, 4) is 11.1 Å². The molecule has 1 heterocycles. The van der Waals surface area contributed by atoms with Crippen molar-refractivity contribution in [2.45, 2.75) is 57.4 Å². The van der Waals surface area contributed by atoms with Crippen molar-refractivity contribution in [3.05, 3.63) is 88.7 Å². The van der Waals surface area contributed by atoms with Crippen LogP contribution in [-0.4, -0.2) is 32.9 Å². The molecule has 0 spiro atoms. The third-order valence-corrected chi connectivity index (χ3v) is 7.22. The number of hydrogen-bond donors (Lipinski definition) is 1. The number of carbonyl (C=O) groups is 1. The van der Waals surface area contributed by atoms with Crippen LogP contribution in [0.3, 0.4) is 0 Å². The van der Waals surface area contributed by atoms with E-state index in [2.05, 4.69) is 15.3 Å². The average molecular weight is 553 g/mol. The third kappa shape index (κ3) is 5.35. The highest BCUT2D eigenvalue weighted by Gasteiger charge is 2.36. The van der Waals surface area contributed by atoms with E-state index in [0.29, 0.717) is 42.4 Å². The molecular formula is C30H25F5N4O. The predicted octanol–water partition coefficient (Wildman–Crippen LogP) is 7.28. The number of nitrogens with zero attached hydrogens (tertiary/aromatic N) is 3. The van der Waals surface area contributed by atoms with Crippen molar-refractivity contribution in [1.29, 1.82) is 0 Å². The molecule has 2 fully saturated rings. The fraction of sp³-hybridized carbons (Fsp3) is 0.300. The number of halogens is 5. The van der Waals surface area contributed by atoms with Crippen LogP contribution in [0.4, 0.5) is 27.8 Å². The van der Waals surface area contributed by atoms with Crippen LogP contribution in [0.2, 0.25) is 0 Å². The van der Waals surface area contributed by atoms with Crippen molar-refractivity contribution >= 4 is 22.6 Å². The fourth-order valence-corrected chi connectivity index (χ4v) is 4.79. The van der Waals surface area contributed by atoms with Crippen molar-refractivity contribution in [2.75, 3.05) is 5.32 Å². The number of hydrogen-bond acceptors (Lipinski definition) is 4. The van der Waals surface area contributed by atoms with Crippen molar-refractivity contribution < 1.29 is 26.7 Å². The molecule has 4 aromatic rings. The van der Waals surface area contributed by atoms with Gasteiger partial charge in [-0.05, 0) is 86.2 Å². The van der Waals surface area contributed by atoms with Gasteiger partial charge in [0.2, 0.25) is 0 Å². The van der Waals surface area contributed by atoms with Crippen LogP contribution < -0.4 is 5.32 Å². The first-order valence-corrected chi connectivity index (χ1v) is 13.1. The number of aromatic nitrogens is 2. The minimum absolute atomic E-state index is 0.145. The first-order chi connectivity index (χ1) is 19.1. The minimum atomic E-state index is -4.73. The Morgan fingerprint density at radius 2 is 1.65 bits per heavy atom. The number of benzene rings is 3. The molecule has 0 radical (unpaired) electrons. The Kier molecular flexibility index (Phi) is 6.43. The topological polar surface area (TPSA) is 58.1 Å². The van der Waals surface area contributed by atoms with Crippen molar-refractivity contribution in [3.63, 3.8) is 0 Å². The van der Waals surface area contributed by atoms with Gasteiger partial charge >= 0.3 is 6.18 Å². The SMILES string of the molecule is Cc1nc(NC2CC2)c2cc(-c3ccc(F)c(CN(C(=O)c4ccc(C(F)(F)F)cc4F)C4CC4)c3)ccc2n1. The van der Waals surface area contributed by atoms with Gasteiger partial charge in [0.05, 0.1) is 16.6 Å². The monoisotopic (exact) mass is 552 g/mol. The molecule has 5 nitrogen and oxygen atoms in total. The van der Waals surface area contributed by atoms with Crippen molar-refractivity contribution in [1.82, 2.24) is 14.9 Å². The lowest BCUT2D eigenvalue weighted by Crippen LogP contribution is -2.33. The Balaban J connectivity index is 1.31. The maximum Gasteiger partial charge on any atom is 0.416 e. The number of alkyl halides is 3. The van der Waals surface area contributed by atoms with E-state index in [4.69, 9.17) is 0 Å². The standard InChI is InChI=1S/C30H25F5N4O/c1-16-36-27-11-3-18(13-24(27)28(37-16)38-21-5-6-21)17-2-10-25(31)19(12-17)15-39(22-7-8-22)29(40)23-9-4-20(14-26(23)32)30(33,34)35/h2-4,9-14,21-22H,5-8,15H2,1H3,(H,36,37,38). The summed E-state index contributed by atoms with van der Waals surface area (Å²) in [5, 5.41) is 4.28. The highest BCUT2D eigenvalue weighted by atomic mass is 19.4. The lowest BCUT2D eigenvalue weighted by atomic mass is 10.0. The summed E-state index contributed by atoms with van der Waals surface area (Å²) in [6.07, 6.45) is -1.27. The zero-order chi connectivity index (χ0) is 28.2. The average Bonchev–Trinajstić information content (AvgIpc) is 3.83. The van der Waals surface area contributed by atoms with Crippen LogP contribution in [0.25, 0.3) is 22.0 Å². The van der Waals surface area contributed by atoms with Crippen LogP contribution in [0.1, 0.15) is 53.0 Å². The third-order valence-electron chi connectivity index (χ3n) is 7.22. The second kappa shape index (κ2) is 9.83. The molecule has 2 saturated carbocycles. The van der Waals surface area contributed by atoms with Gasteiger partial charge in [0.15, 0.2) is 0 Å². The van der Waals surface area contributed by atoms with Gasteiger partial charge in [0, 0.05) is 29.6 Å². The van der Waals surface area contributed by atoms with Gasteiger partial charge in [-0.2, -0.15) is 13.2 Å². The molecule has 1 aromatic heterocycles. The molecule has 0 aliphatic heterocycles. The lowest BCUT2D eigenvalue weighted by Gasteiger charge is -2.24. The van der Waals surface area contributed by atoms with Gasteiger partial charge in [0.25, 0.3) is 5.91 Å². The summed E-state index contributed by atoms with van der Waals surface area (Å²) in [6.45, 7) is 1.69. The number of nitrogens with one attached hydrogen (secondary N) is 1. The maximum absolute atomic E-state index is 15.0. The molecule has 3 aromatic carbocycles. The summed E-state index contributed by atoms with van der Waals surface area (Å²) in [7, 11) is 0. The summed E-state index contributed by atoms with van der Waals surface area (Å²) < 4.78 is 68.5. The molecule has 6 rings (SSSR count). The Morgan fingerprint density at radius 3 is 2.33 bits per heavy atom. The molecule has 1 amide bonds. The largest absolute Gasteiger partial charge is 0.416 e. The van der Waals surface area contributed by atoms with E-state index in [-0.39, 0.29) is 18.2 Å². The van der Waals surface area contributed by atoms with Crippen molar-refractivity contribution in [2.24, 2.45) is 0 Å². The summed E-state index contributed by atoms with van der Waals surface area (Å²) in [5.74, 6) is -1.16. The summed E-state index contributed by atoms with van der Waals surface area (Å²) in [4.78, 5) is 23.7. The molecule has 2 aliphatic rings. The molecule has 10 heteroatoms. The predicted molar refractivity (Wildman–Crippen MR) is 141 cm³/mol. The second-order valence-electron chi connectivity index (χ2n) is 10.4. The number of carbonyl (C=O) groups excluding carboxylic acids is 1. The summed E-state index contributed by atoms with van der Waals surface area (Å²) >= 11 is 0. The molecule has 1 N–H and O–H groups in total. The Hall–Kier alpha value is -4.08. The van der Waals surface area contributed by atoms with Gasteiger partial charge in [-0.25, -0.2) is 18.7 Å². The van der Waals surface area contributed by atoms with Crippen LogP contribution in [0.15, 0.2) is 54.6 Å². The minimum Gasteiger partial charge on any atom is -0.367 e. The molecule has 206 valence electrons. The first kappa shape index (κ1) is 26.2. The normalized spacial score (nSPS) is 15.3. The van der Waals surface area contributed by atoms with E-state index < -0.39 is 34.8 Å². The highest BCUT2D eigenvalue weighted by molar-refractivity contribution is 5.95. The molecule has 0 bridgehead atoms. The number of rotatable bonds is 7. The molecule has 0 saturated heterocycles. The van der Waals surface area contributed by atoms with E-state index in [1.807, 2.05) is 25.1 Å². The van der Waals surface area contributed by atoms with Crippen LogP contribution in [0, 0.1) is 18.6 Å². The van der Waals surface area contributed by atoms with Gasteiger partial charge in [0.1, 0.15) is 23.3 Å². The van der Waals surface area contributed by atoms with Crippen LogP contribution >= 0.6 is 0 Å². The number of anilines is 1. The zero-order valence-corrected chi connectivity index (χ0v) is 21.5. The van der Waals surface area contributed by atoms with E-state index in [1.165, 1.54) is 11.0 Å². The van der Waals surface area contributed by atoms with Crippen LogP contribution in [-0.2, 0) is 12.7 Å². The maximum atomic E-state index is 15.0. The van der Waals surface area contributed by atoms with E-state index >= 15 is 4.39 Å². The highest BCUT2D eigenvalue weighted by Crippen LogP contribution is 2.35. The Bertz CT molecular complexity index is 1630. The molecule has 2 aliphatic carbocycles. The smallest absolute Gasteiger partial charge is 0.367 e. The first-order valence-electron chi connectivity index (χ1n) is 13.1. The Morgan fingerprint density at radius 1 is 0.925 bits per heavy atom. The van der Waals surface area contributed by atoms with Gasteiger partial charge in [-0.1, -0.05) is 12.1 Å². The van der Waals surface area contributed by atoms with Gasteiger partial charge in [-0.3, -0.25) is 4.79 Å². The number of fused-ring (bicyclic) bond motifs is 1. The molecule has 40 heavy (non-hydrogen) atoms. The molecule has 0 atom stereocenters. The second-order valence-corrected chi connectivity index (χ2v) is 10.4. The molecular weight excluding hydrogens is 527 g/mol.